The van der Waals surface area contributed by atoms with Gasteiger partial charge in [0.25, 0.3) is 0 Å². The number of hydrogen-bond donors (Lipinski definition) is 0. The standard InChI is InChI=1S/C21H22BrNO2/c1-24-17-7-4-13-10-16-14-5-6-15(22)20-21(14,18(13)19(17)25-20)8-9-23(16)11-12-2-3-12/h4-7,12,16,20H,2-3,8-11H2,1H3/t16-,20+,21?/m1/s1. The van der Waals surface area contributed by atoms with Crippen molar-refractivity contribution in [2.24, 2.45) is 5.92 Å². The van der Waals surface area contributed by atoms with Crippen LogP contribution in [0.1, 0.15) is 30.4 Å². The van der Waals surface area contributed by atoms with E-state index >= 15 is 0 Å². The number of methoxy groups -OCH3 is 1. The van der Waals surface area contributed by atoms with E-state index in [0.717, 1.165) is 34.7 Å². The van der Waals surface area contributed by atoms with Crippen molar-refractivity contribution in [1.82, 2.24) is 4.90 Å². The van der Waals surface area contributed by atoms with Gasteiger partial charge in [0.05, 0.1) is 12.5 Å². The minimum atomic E-state index is 0.00968. The summed E-state index contributed by atoms with van der Waals surface area (Å²) < 4.78 is 13.3. The summed E-state index contributed by atoms with van der Waals surface area (Å²) in [5.41, 5.74) is 4.46. The number of allylic oxidation sites excluding steroid dienone is 2. The lowest BCUT2D eigenvalue weighted by Gasteiger charge is -2.53. The van der Waals surface area contributed by atoms with Gasteiger partial charge in [-0.25, -0.2) is 0 Å². The Balaban J connectivity index is 1.57. The summed E-state index contributed by atoms with van der Waals surface area (Å²) in [5, 5.41) is 0. The Bertz CT molecular complexity index is 841. The van der Waals surface area contributed by atoms with Crippen LogP contribution < -0.4 is 9.47 Å². The maximum Gasteiger partial charge on any atom is 0.166 e. The van der Waals surface area contributed by atoms with Crippen molar-refractivity contribution in [3.8, 4) is 11.5 Å². The zero-order valence-electron chi connectivity index (χ0n) is 14.4. The van der Waals surface area contributed by atoms with Crippen molar-refractivity contribution in [2.75, 3.05) is 20.2 Å². The lowest BCUT2D eigenvalue weighted by Crippen LogP contribution is -2.59. The molecule has 5 aliphatic rings. The van der Waals surface area contributed by atoms with Crippen LogP contribution in [0.2, 0.25) is 0 Å². The molecule has 1 spiro atoms. The molecule has 6 rings (SSSR count). The highest BCUT2D eigenvalue weighted by atomic mass is 79.9. The van der Waals surface area contributed by atoms with E-state index in [0.29, 0.717) is 6.04 Å². The molecule has 3 nitrogen and oxygen atoms in total. The highest BCUT2D eigenvalue weighted by Crippen LogP contribution is 2.63. The largest absolute Gasteiger partial charge is 0.493 e. The average molecular weight is 400 g/mol. The summed E-state index contributed by atoms with van der Waals surface area (Å²) in [6, 6.07) is 4.90. The second kappa shape index (κ2) is 4.92. The summed E-state index contributed by atoms with van der Waals surface area (Å²) in [6.07, 6.45) is 9.76. The summed E-state index contributed by atoms with van der Waals surface area (Å²) in [7, 11) is 1.74. The van der Waals surface area contributed by atoms with Crippen LogP contribution in [0.5, 0.6) is 11.5 Å². The molecule has 2 fully saturated rings. The quantitative estimate of drug-likeness (QED) is 0.767. The zero-order chi connectivity index (χ0) is 16.8. The van der Waals surface area contributed by atoms with Crippen LogP contribution in [0, 0.1) is 5.92 Å². The predicted molar refractivity (Wildman–Crippen MR) is 101 cm³/mol. The molecule has 25 heavy (non-hydrogen) atoms. The molecule has 1 saturated carbocycles. The van der Waals surface area contributed by atoms with Gasteiger partial charge in [-0.1, -0.05) is 28.1 Å². The third-order valence-electron chi connectivity index (χ3n) is 6.94. The topological polar surface area (TPSA) is 21.7 Å². The number of hydrogen-bond acceptors (Lipinski definition) is 3. The van der Waals surface area contributed by atoms with E-state index in [-0.39, 0.29) is 11.5 Å². The van der Waals surface area contributed by atoms with Gasteiger partial charge in [0, 0.05) is 29.2 Å². The van der Waals surface area contributed by atoms with Crippen molar-refractivity contribution in [2.45, 2.75) is 43.2 Å². The highest BCUT2D eigenvalue weighted by Gasteiger charge is 2.61. The molecule has 1 unspecified atom stereocenters. The molecule has 0 amide bonds. The Morgan fingerprint density at radius 3 is 3.00 bits per heavy atom. The van der Waals surface area contributed by atoms with E-state index < -0.39 is 0 Å². The van der Waals surface area contributed by atoms with E-state index in [4.69, 9.17) is 9.47 Å². The molecule has 4 heteroatoms. The first-order valence-electron chi connectivity index (χ1n) is 9.41. The van der Waals surface area contributed by atoms with Crippen molar-refractivity contribution in [3.05, 3.63) is 45.5 Å². The second-order valence-electron chi connectivity index (χ2n) is 8.18. The maximum absolute atomic E-state index is 6.54. The Morgan fingerprint density at radius 1 is 1.32 bits per heavy atom. The molecule has 2 aliphatic heterocycles. The summed E-state index contributed by atoms with van der Waals surface area (Å²) in [5.74, 6) is 2.79. The summed E-state index contributed by atoms with van der Waals surface area (Å²) >= 11 is 3.80. The normalized spacial score (nSPS) is 34.8. The van der Waals surface area contributed by atoms with Crippen LogP contribution in [0.25, 0.3) is 0 Å². The number of piperidine rings is 1. The maximum atomic E-state index is 6.54. The van der Waals surface area contributed by atoms with Crippen LogP contribution >= 0.6 is 15.9 Å². The van der Waals surface area contributed by atoms with Crippen LogP contribution in [-0.4, -0.2) is 37.2 Å². The minimum absolute atomic E-state index is 0.00968. The molecule has 0 aromatic heterocycles. The second-order valence-corrected chi connectivity index (χ2v) is 9.10. The first-order chi connectivity index (χ1) is 12.2. The number of nitrogens with zero attached hydrogens (tertiary/aromatic N) is 1. The number of likely N-dealkylation sites (tertiary alicyclic amines) is 1. The SMILES string of the molecule is COc1ccc2c3c1O[C@H]1C(Br)=CC=C4[C@@H](C2)N(CC2CC2)CCC431. The van der Waals surface area contributed by atoms with E-state index in [1.54, 1.807) is 12.7 Å². The fourth-order valence-electron chi connectivity index (χ4n) is 5.66. The van der Waals surface area contributed by atoms with Crippen molar-refractivity contribution < 1.29 is 9.47 Å². The zero-order valence-corrected chi connectivity index (χ0v) is 16.0. The number of halogens is 1. The van der Waals surface area contributed by atoms with Crippen LogP contribution in [-0.2, 0) is 11.8 Å². The van der Waals surface area contributed by atoms with E-state index in [1.165, 1.54) is 37.1 Å². The molecule has 2 heterocycles. The van der Waals surface area contributed by atoms with Gasteiger partial charge in [-0.05, 0) is 54.9 Å². The molecule has 1 saturated heterocycles. The number of rotatable bonds is 3. The van der Waals surface area contributed by atoms with E-state index in [1.807, 2.05) is 0 Å². The number of benzene rings is 1. The third kappa shape index (κ3) is 1.80. The molecule has 1 aromatic carbocycles. The van der Waals surface area contributed by atoms with Gasteiger partial charge in [0.2, 0.25) is 0 Å². The van der Waals surface area contributed by atoms with E-state index in [2.05, 4.69) is 45.1 Å². The van der Waals surface area contributed by atoms with Gasteiger partial charge >= 0.3 is 0 Å². The van der Waals surface area contributed by atoms with Crippen molar-refractivity contribution >= 4 is 15.9 Å². The molecule has 0 radical (unpaired) electrons. The summed E-state index contributed by atoms with van der Waals surface area (Å²) in [4.78, 5) is 2.75. The predicted octanol–water partition coefficient (Wildman–Crippen LogP) is 3.95. The monoisotopic (exact) mass is 399 g/mol. The molecule has 0 N–H and O–H groups in total. The lowest BCUT2D eigenvalue weighted by molar-refractivity contribution is 0.0951. The van der Waals surface area contributed by atoms with Crippen LogP contribution in [0.3, 0.4) is 0 Å². The molecular formula is C21H22BrNO2. The molecule has 3 aliphatic carbocycles. The average Bonchev–Trinajstić information content (AvgIpc) is 3.36. The van der Waals surface area contributed by atoms with Crippen molar-refractivity contribution in [3.63, 3.8) is 0 Å². The molecule has 3 atom stereocenters. The van der Waals surface area contributed by atoms with E-state index in [9.17, 15) is 0 Å². The Labute approximate surface area is 156 Å². The third-order valence-corrected chi connectivity index (χ3v) is 7.62. The van der Waals surface area contributed by atoms with Gasteiger partial charge in [0.1, 0.15) is 6.10 Å². The van der Waals surface area contributed by atoms with Gasteiger partial charge < -0.3 is 9.47 Å². The Kier molecular flexibility index (Phi) is 2.92. The fraction of sp³-hybridized carbons (Fsp3) is 0.524. The smallest absolute Gasteiger partial charge is 0.166 e. The minimum Gasteiger partial charge on any atom is -0.493 e. The fourth-order valence-corrected chi connectivity index (χ4v) is 6.28. The molecule has 2 bridgehead atoms. The molecule has 1 aromatic rings. The van der Waals surface area contributed by atoms with Gasteiger partial charge in [-0.15, -0.1) is 0 Å². The number of ether oxygens (including phenoxy) is 2. The van der Waals surface area contributed by atoms with Gasteiger partial charge in [-0.2, -0.15) is 0 Å². The van der Waals surface area contributed by atoms with Gasteiger partial charge in [-0.3, -0.25) is 4.90 Å². The molecular weight excluding hydrogens is 378 g/mol. The lowest BCUT2D eigenvalue weighted by atomic mass is 9.57. The molecule has 130 valence electrons. The van der Waals surface area contributed by atoms with Crippen molar-refractivity contribution in [1.29, 1.82) is 0 Å². The van der Waals surface area contributed by atoms with Crippen LogP contribution in [0.15, 0.2) is 34.3 Å². The van der Waals surface area contributed by atoms with Gasteiger partial charge in [0.15, 0.2) is 11.5 Å². The first-order valence-corrected chi connectivity index (χ1v) is 10.2. The summed E-state index contributed by atoms with van der Waals surface area (Å²) in [6.45, 7) is 2.45. The Morgan fingerprint density at radius 2 is 2.20 bits per heavy atom. The Hall–Kier alpha value is -1.26. The first kappa shape index (κ1) is 14.9. The highest BCUT2D eigenvalue weighted by molar-refractivity contribution is 9.11. The van der Waals surface area contributed by atoms with Crippen LogP contribution in [0.4, 0.5) is 0 Å².